The van der Waals surface area contributed by atoms with Crippen molar-refractivity contribution in [3.63, 3.8) is 0 Å². The van der Waals surface area contributed by atoms with Gasteiger partial charge in [-0.2, -0.15) is 5.10 Å². The van der Waals surface area contributed by atoms with Crippen molar-refractivity contribution in [3.05, 3.63) is 12.0 Å². The minimum Gasteiger partial charge on any atom is -0.369 e. The highest BCUT2D eigenvalue weighted by atomic mass is 15.2. The van der Waals surface area contributed by atoms with Crippen molar-refractivity contribution >= 4 is 23.2 Å². The van der Waals surface area contributed by atoms with Crippen LogP contribution in [-0.2, 0) is 0 Å². The van der Waals surface area contributed by atoms with E-state index in [1.54, 1.807) is 6.34 Å². The number of H-pyrrole nitrogens is 1. The Morgan fingerprint density at radius 1 is 1.33 bits per heavy atom. The zero-order valence-electron chi connectivity index (χ0n) is 8.89. The van der Waals surface area contributed by atoms with E-state index in [9.17, 15) is 0 Å². The van der Waals surface area contributed by atoms with Crippen LogP contribution in [0, 0.1) is 6.92 Å². The van der Waals surface area contributed by atoms with Crippen LogP contribution in [0.2, 0.25) is 0 Å². The largest absolute Gasteiger partial charge is 0.369 e. The molecule has 0 atom stereocenters. The lowest BCUT2D eigenvalue weighted by Crippen LogP contribution is -2.07. The Morgan fingerprint density at radius 3 is 2.87 bits per heavy atom. The summed E-state index contributed by atoms with van der Waals surface area (Å²) < 4.78 is 0. The molecule has 0 aliphatic rings. The van der Waals surface area contributed by atoms with Crippen molar-refractivity contribution in [2.75, 3.05) is 14.1 Å². The molecule has 1 N–H and O–H groups in total. The number of nitrogens with one attached hydrogen (secondary N) is 1. The van der Waals surface area contributed by atoms with Crippen molar-refractivity contribution in [1.82, 2.24) is 25.1 Å². The van der Waals surface area contributed by atoms with Gasteiger partial charge >= 0.3 is 0 Å². The Hall–Kier alpha value is -1.98. The Labute approximate surface area is 87.1 Å². The maximum Gasteiger partial charge on any atom is 0.185 e. The molecule has 0 unspecified atom stereocenters. The summed E-state index contributed by atoms with van der Waals surface area (Å²) in [6, 6.07) is 0. The molecule has 2 aromatic heterocycles. The van der Waals surface area contributed by atoms with Crippen LogP contribution in [0.5, 0.6) is 0 Å². The van der Waals surface area contributed by atoms with E-state index >= 15 is 0 Å². The van der Waals surface area contributed by atoms with Crippen LogP contribution in [0.15, 0.2) is 11.3 Å². The fraction of sp³-hybridized carbons (Fsp3) is 0.333. The molecule has 2 rings (SSSR count). The van der Waals surface area contributed by atoms with Gasteiger partial charge in [0.1, 0.15) is 11.8 Å². The highest BCUT2D eigenvalue weighted by Gasteiger charge is 2.07. The van der Waals surface area contributed by atoms with Gasteiger partial charge in [-0.05, 0) is 6.92 Å². The molecule has 0 fully saturated rings. The van der Waals surface area contributed by atoms with Crippen LogP contribution in [0.1, 0.15) is 5.69 Å². The summed E-state index contributed by atoms with van der Waals surface area (Å²) in [5, 5.41) is 6.98. The van der Waals surface area contributed by atoms with E-state index < -0.39 is 0 Å². The van der Waals surface area contributed by atoms with Crippen LogP contribution < -0.4 is 0 Å². The quantitative estimate of drug-likeness (QED) is 0.582. The fourth-order valence-corrected chi connectivity index (χ4v) is 1.20. The van der Waals surface area contributed by atoms with Crippen LogP contribution in [0.25, 0.3) is 11.0 Å². The highest BCUT2D eigenvalue weighted by Crippen LogP contribution is 2.20. The first kappa shape index (κ1) is 9.57. The van der Waals surface area contributed by atoms with Gasteiger partial charge < -0.3 is 4.90 Å². The Balaban J connectivity index is 2.52. The van der Waals surface area contributed by atoms with Gasteiger partial charge in [0.15, 0.2) is 11.3 Å². The first-order valence-electron chi connectivity index (χ1n) is 4.55. The monoisotopic (exact) mass is 204 g/mol. The van der Waals surface area contributed by atoms with Crippen molar-refractivity contribution < 1.29 is 0 Å². The van der Waals surface area contributed by atoms with E-state index in [0.29, 0.717) is 11.3 Å². The van der Waals surface area contributed by atoms with E-state index in [0.717, 1.165) is 11.2 Å². The summed E-state index contributed by atoms with van der Waals surface area (Å²) in [6.07, 6.45) is 3.18. The molecule has 6 nitrogen and oxygen atoms in total. The van der Waals surface area contributed by atoms with Gasteiger partial charge in [-0.15, -0.1) is 0 Å². The number of rotatable bonds is 2. The normalized spacial score (nSPS) is 11.4. The number of aromatic amines is 1. The molecular weight excluding hydrogens is 192 g/mol. The summed E-state index contributed by atoms with van der Waals surface area (Å²) in [7, 11) is 3.80. The summed E-state index contributed by atoms with van der Waals surface area (Å²) >= 11 is 0. The Bertz CT molecular complexity index is 498. The number of aliphatic imine (C=N–C) groups is 1. The third-order valence-electron chi connectivity index (χ3n) is 1.90. The number of aromatic nitrogens is 4. The van der Waals surface area contributed by atoms with Crippen LogP contribution in [-0.4, -0.2) is 45.5 Å². The number of fused-ring (bicyclic) bond motifs is 1. The van der Waals surface area contributed by atoms with Crippen molar-refractivity contribution in [1.29, 1.82) is 0 Å². The molecule has 78 valence electrons. The smallest absolute Gasteiger partial charge is 0.185 e. The summed E-state index contributed by atoms with van der Waals surface area (Å²) in [4.78, 5) is 14.3. The maximum absolute atomic E-state index is 4.21. The molecule has 0 amide bonds. The standard InChI is InChI=1S/C9H12N6/c1-6-7-8(14-13-6)9(11-4-10-7)12-5-15(2)3/h4-5H,1-3H3,(H,13,14). The Kier molecular flexibility index (Phi) is 2.32. The predicted octanol–water partition coefficient (Wildman–Crippen LogP) is 0.883. The van der Waals surface area contributed by atoms with Gasteiger partial charge in [-0.25, -0.2) is 15.0 Å². The van der Waals surface area contributed by atoms with Crippen LogP contribution in [0.3, 0.4) is 0 Å². The SMILES string of the molecule is Cc1[nH]nc2c(N=CN(C)C)ncnc12. The van der Waals surface area contributed by atoms with Crippen LogP contribution in [0.4, 0.5) is 5.82 Å². The van der Waals surface area contributed by atoms with E-state index in [1.807, 2.05) is 25.9 Å². The zero-order chi connectivity index (χ0) is 10.8. The predicted molar refractivity (Wildman–Crippen MR) is 58.3 cm³/mol. The molecule has 0 aliphatic carbocycles. The summed E-state index contributed by atoms with van der Waals surface area (Å²) in [5.74, 6) is 0.582. The average molecular weight is 204 g/mol. The maximum atomic E-state index is 4.21. The molecule has 2 aromatic rings. The fourth-order valence-electron chi connectivity index (χ4n) is 1.20. The minimum absolute atomic E-state index is 0.582. The van der Waals surface area contributed by atoms with Gasteiger partial charge in [0.05, 0.1) is 12.0 Å². The molecule has 2 heterocycles. The molecule has 0 spiro atoms. The molecule has 0 aliphatic heterocycles. The molecule has 0 bridgehead atoms. The van der Waals surface area contributed by atoms with Gasteiger partial charge in [0.25, 0.3) is 0 Å². The lowest BCUT2D eigenvalue weighted by atomic mass is 10.3. The number of nitrogens with zero attached hydrogens (tertiary/aromatic N) is 5. The lowest BCUT2D eigenvalue weighted by Gasteiger charge is -2.01. The van der Waals surface area contributed by atoms with Gasteiger partial charge in [-0.3, -0.25) is 5.10 Å². The molecular formula is C9H12N6. The summed E-state index contributed by atoms with van der Waals surface area (Å²) in [5.41, 5.74) is 2.44. The van der Waals surface area contributed by atoms with E-state index in [2.05, 4.69) is 25.2 Å². The number of aryl methyl sites for hydroxylation is 1. The van der Waals surface area contributed by atoms with E-state index in [4.69, 9.17) is 0 Å². The third-order valence-corrected chi connectivity index (χ3v) is 1.90. The second kappa shape index (κ2) is 3.64. The lowest BCUT2D eigenvalue weighted by molar-refractivity contribution is 0.643. The molecule has 0 saturated carbocycles. The van der Waals surface area contributed by atoms with Crippen molar-refractivity contribution in [2.45, 2.75) is 6.92 Å². The van der Waals surface area contributed by atoms with Gasteiger partial charge in [-0.1, -0.05) is 0 Å². The summed E-state index contributed by atoms with van der Waals surface area (Å²) in [6.45, 7) is 1.92. The molecule has 6 heteroatoms. The topological polar surface area (TPSA) is 70.1 Å². The number of hydrogen-bond donors (Lipinski definition) is 1. The first-order chi connectivity index (χ1) is 7.18. The van der Waals surface area contributed by atoms with E-state index in [1.165, 1.54) is 6.33 Å². The Morgan fingerprint density at radius 2 is 2.13 bits per heavy atom. The molecule has 15 heavy (non-hydrogen) atoms. The first-order valence-corrected chi connectivity index (χ1v) is 4.55. The molecule has 0 aromatic carbocycles. The average Bonchev–Trinajstić information content (AvgIpc) is 2.58. The second-order valence-corrected chi connectivity index (χ2v) is 3.45. The van der Waals surface area contributed by atoms with Gasteiger partial charge in [0.2, 0.25) is 0 Å². The highest BCUT2D eigenvalue weighted by molar-refractivity contribution is 5.86. The minimum atomic E-state index is 0.582. The van der Waals surface area contributed by atoms with Crippen molar-refractivity contribution in [3.8, 4) is 0 Å². The number of hydrogen-bond acceptors (Lipinski definition) is 4. The molecule has 0 saturated heterocycles. The van der Waals surface area contributed by atoms with Crippen molar-refractivity contribution in [2.24, 2.45) is 4.99 Å². The third kappa shape index (κ3) is 1.78. The van der Waals surface area contributed by atoms with E-state index in [-0.39, 0.29) is 0 Å². The van der Waals surface area contributed by atoms with Gasteiger partial charge in [0, 0.05) is 14.1 Å². The molecule has 0 radical (unpaired) electrons. The van der Waals surface area contributed by atoms with Crippen LogP contribution >= 0.6 is 0 Å². The zero-order valence-corrected chi connectivity index (χ0v) is 8.89. The second-order valence-electron chi connectivity index (χ2n) is 3.45.